The van der Waals surface area contributed by atoms with Crippen LogP contribution in [0.2, 0.25) is 0 Å². The number of nitrogens with one attached hydrogen (secondary N) is 1. The van der Waals surface area contributed by atoms with E-state index in [-0.39, 0.29) is 5.69 Å². The molecule has 5 heteroatoms. The van der Waals surface area contributed by atoms with Gasteiger partial charge in [0.25, 0.3) is 5.69 Å². The maximum Gasteiger partial charge on any atom is 0.281 e. The van der Waals surface area contributed by atoms with Crippen molar-refractivity contribution in [1.29, 1.82) is 0 Å². The molecule has 1 aromatic carbocycles. The molecule has 0 unspecified atom stereocenters. The number of rotatable bonds is 1. The van der Waals surface area contributed by atoms with E-state index in [1.165, 1.54) is 12.3 Å². The first-order valence-electron chi connectivity index (χ1n) is 3.59. The van der Waals surface area contributed by atoms with Crippen molar-refractivity contribution in [2.45, 2.75) is 0 Å². The number of nitrogens with zero attached hydrogens (tertiary/aromatic N) is 1. The number of aromatic nitrogens is 1. The summed E-state index contributed by atoms with van der Waals surface area (Å²) in [6.07, 6.45) is 1.54. The van der Waals surface area contributed by atoms with E-state index in [2.05, 4.69) is 4.98 Å². The Morgan fingerprint density at radius 2 is 2.23 bits per heavy atom. The zero-order valence-electron chi connectivity index (χ0n) is 6.45. The molecule has 0 atom stereocenters. The van der Waals surface area contributed by atoms with Gasteiger partial charge in [-0.3, -0.25) is 10.1 Å². The summed E-state index contributed by atoms with van der Waals surface area (Å²) >= 11 is 0. The molecule has 0 amide bonds. The molecule has 1 aromatic heterocycles. The molecule has 66 valence electrons. The molecule has 0 spiro atoms. The second kappa shape index (κ2) is 2.55. The summed E-state index contributed by atoms with van der Waals surface area (Å²) in [6.45, 7) is 0. The molecule has 1 N–H and O–H groups in total. The van der Waals surface area contributed by atoms with Crippen molar-refractivity contribution in [2.24, 2.45) is 0 Å². The van der Waals surface area contributed by atoms with Crippen LogP contribution < -0.4 is 0 Å². The van der Waals surface area contributed by atoms with Crippen LogP contribution in [0.3, 0.4) is 0 Å². The maximum absolute atomic E-state index is 12.8. The van der Waals surface area contributed by atoms with Crippen molar-refractivity contribution in [3.05, 3.63) is 40.3 Å². The smallest absolute Gasteiger partial charge is 0.281 e. The van der Waals surface area contributed by atoms with Crippen LogP contribution >= 0.6 is 0 Å². The van der Waals surface area contributed by atoms with Crippen LogP contribution in [0.4, 0.5) is 10.1 Å². The Morgan fingerprint density at radius 3 is 2.92 bits per heavy atom. The second-order valence-electron chi connectivity index (χ2n) is 2.62. The van der Waals surface area contributed by atoms with Crippen LogP contribution in [0.5, 0.6) is 0 Å². The molecule has 0 bridgehead atoms. The lowest BCUT2D eigenvalue weighted by molar-refractivity contribution is -0.383. The summed E-state index contributed by atoms with van der Waals surface area (Å²) in [7, 11) is 0. The predicted molar refractivity (Wildman–Crippen MR) is 44.9 cm³/mol. The number of halogens is 1. The highest BCUT2D eigenvalue weighted by atomic mass is 19.1. The number of H-pyrrole nitrogens is 1. The van der Waals surface area contributed by atoms with Crippen molar-refractivity contribution in [3.63, 3.8) is 0 Å². The van der Waals surface area contributed by atoms with Gasteiger partial charge in [-0.1, -0.05) is 0 Å². The average molecular weight is 180 g/mol. The quantitative estimate of drug-likeness (QED) is 0.540. The first-order valence-corrected chi connectivity index (χ1v) is 3.59. The highest BCUT2D eigenvalue weighted by Gasteiger charge is 2.13. The van der Waals surface area contributed by atoms with Crippen LogP contribution in [-0.4, -0.2) is 9.91 Å². The van der Waals surface area contributed by atoms with Gasteiger partial charge in [-0.05, 0) is 12.1 Å². The van der Waals surface area contributed by atoms with Crippen molar-refractivity contribution >= 4 is 16.6 Å². The fourth-order valence-corrected chi connectivity index (χ4v) is 1.26. The number of non-ortho nitro benzene ring substituents is 1. The Kier molecular flexibility index (Phi) is 1.51. The van der Waals surface area contributed by atoms with Crippen LogP contribution in [0, 0.1) is 15.9 Å². The Labute approximate surface area is 72.1 Å². The fourth-order valence-electron chi connectivity index (χ4n) is 1.26. The Hall–Kier alpha value is -1.91. The third-order valence-electron chi connectivity index (χ3n) is 1.81. The molecular formula is C8H5FN2O2. The minimum absolute atomic E-state index is 0.212. The summed E-state index contributed by atoms with van der Waals surface area (Å²) in [5, 5.41) is 10.9. The van der Waals surface area contributed by atoms with Gasteiger partial charge in [0.05, 0.1) is 21.9 Å². The number of aromatic amines is 1. The minimum Gasteiger partial charge on any atom is -0.361 e. The van der Waals surface area contributed by atoms with Gasteiger partial charge in [0, 0.05) is 6.20 Å². The normalized spacial score (nSPS) is 10.5. The van der Waals surface area contributed by atoms with Gasteiger partial charge in [-0.2, -0.15) is 0 Å². The third-order valence-corrected chi connectivity index (χ3v) is 1.81. The number of nitro groups is 1. The Bertz CT molecular complexity index is 478. The van der Waals surface area contributed by atoms with Crippen molar-refractivity contribution < 1.29 is 9.31 Å². The van der Waals surface area contributed by atoms with Gasteiger partial charge in [0.1, 0.15) is 5.82 Å². The minimum atomic E-state index is -0.610. The van der Waals surface area contributed by atoms with Gasteiger partial charge < -0.3 is 4.98 Å². The average Bonchev–Trinajstić information content (AvgIpc) is 2.49. The third kappa shape index (κ3) is 1.14. The monoisotopic (exact) mass is 180 g/mol. The maximum atomic E-state index is 12.8. The van der Waals surface area contributed by atoms with E-state index in [0.29, 0.717) is 10.9 Å². The van der Waals surface area contributed by atoms with Crippen molar-refractivity contribution in [2.75, 3.05) is 0 Å². The fraction of sp³-hybridized carbons (Fsp3) is 0. The topological polar surface area (TPSA) is 58.9 Å². The highest BCUT2D eigenvalue weighted by molar-refractivity contribution is 5.88. The van der Waals surface area contributed by atoms with Crippen LogP contribution in [0.1, 0.15) is 0 Å². The molecule has 2 aromatic rings. The number of fused-ring (bicyclic) bond motifs is 1. The lowest BCUT2D eigenvalue weighted by Crippen LogP contribution is -1.89. The number of hydrogen-bond donors (Lipinski definition) is 1. The Morgan fingerprint density at radius 1 is 1.46 bits per heavy atom. The number of hydrogen-bond acceptors (Lipinski definition) is 2. The van der Waals surface area contributed by atoms with E-state index in [9.17, 15) is 14.5 Å². The van der Waals surface area contributed by atoms with Gasteiger partial charge in [-0.15, -0.1) is 0 Å². The van der Waals surface area contributed by atoms with Crippen LogP contribution in [0.15, 0.2) is 24.4 Å². The number of benzene rings is 1. The molecule has 13 heavy (non-hydrogen) atoms. The van der Waals surface area contributed by atoms with Crippen LogP contribution in [0.25, 0.3) is 10.9 Å². The number of nitro benzene ring substituents is 1. The van der Waals surface area contributed by atoms with Crippen LogP contribution in [-0.2, 0) is 0 Å². The second-order valence-corrected chi connectivity index (χ2v) is 2.62. The van der Waals surface area contributed by atoms with E-state index in [1.54, 1.807) is 6.07 Å². The standard InChI is InChI=1S/C8H5FN2O2/c9-5-3-7-6(1-2-10-7)8(4-5)11(12)13/h1-4,10H. The van der Waals surface area contributed by atoms with Gasteiger partial charge in [-0.25, -0.2) is 4.39 Å². The summed E-state index contributed by atoms with van der Waals surface area (Å²) in [6, 6.07) is 3.69. The summed E-state index contributed by atoms with van der Waals surface area (Å²) in [4.78, 5) is 12.6. The van der Waals surface area contributed by atoms with E-state index in [0.717, 1.165) is 6.07 Å². The van der Waals surface area contributed by atoms with E-state index < -0.39 is 10.7 Å². The molecular weight excluding hydrogens is 175 g/mol. The molecule has 0 aliphatic rings. The Balaban J connectivity index is 2.84. The summed E-state index contributed by atoms with van der Waals surface area (Å²) in [5.74, 6) is -0.610. The first-order chi connectivity index (χ1) is 6.18. The first kappa shape index (κ1) is 7.72. The van der Waals surface area contributed by atoms with Crippen molar-refractivity contribution in [1.82, 2.24) is 4.98 Å². The molecule has 0 aliphatic carbocycles. The predicted octanol–water partition coefficient (Wildman–Crippen LogP) is 2.22. The molecule has 0 saturated heterocycles. The summed E-state index contributed by atoms with van der Waals surface area (Å²) in [5.41, 5.74) is 0.225. The molecule has 4 nitrogen and oxygen atoms in total. The molecule has 2 rings (SSSR count). The zero-order valence-corrected chi connectivity index (χ0v) is 6.45. The van der Waals surface area contributed by atoms with Crippen molar-refractivity contribution in [3.8, 4) is 0 Å². The molecule has 0 radical (unpaired) electrons. The molecule has 0 aliphatic heterocycles. The SMILES string of the molecule is O=[N+]([O-])c1cc(F)cc2[nH]ccc12. The molecule has 1 heterocycles. The van der Waals surface area contributed by atoms with Gasteiger partial charge in [0.2, 0.25) is 0 Å². The lowest BCUT2D eigenvalue weighted by atomic mass is 10.2. The molecule has 0 fully saturated rings. The van der Waals surface area contributed by atoms with Gasteiger partial charge in [0.15, 0.2) is 0 Å². The van der Waals surface area contributed by atoms with E-state index in [1.807, 2.05) is 0 Å². The summed E-state index contributed by atoms with van der Waals surface area (Å²) < 4.78 is 12.8. The van der Waals surface area contributed by atoms with E-state index in [4.69, 9.17) is 0 Å². The van der Waals surface area contributed by atoms with Gasteiger partial charge >= 0.3 is 0 Å². The largest absolute Gasteiger partial charge is 0.361 e. The lowest BCUT2D eigenvalue weighted by Gasteiger charge is -1.93. The zero-order chi connectivity index (χ0) is 9.42. The van der Waals surface area contributed by atoms with E-state index >= 15 is 0 Å². The molecule has 0 saturated carbocycles. The highest BCUT2D eigenvalue weighted by Crippen LogP contribution is 2.25.